The molecule has 190 valence electrons. The second-order valence-electron chi connectivity index (χ2n) is 8.98. The molecule has 0 saturated heterocycles. The second kappa shape index (κ2) is 12.8. The SMILES string of the molecule is CCOC(=O)C[C@@H](c1cccc(-c2ccc(OC)nc2)c1)N(Cc1ccccc1)[C@H](C)c1ccccc1. The van der Waals surface area contributed by atoms with Crippen LogP contribution in [0.2, 0.25) is 0 Å². The quantitative estimate of drug-likeness (QED) is 0.210. The number of pyridine rings is 1. The zero-order valence-corrected chi connectivity index (χ0v) is 21.7. The molecule has 0 radical (unpaired) electrons. The van der Waals surface area contributed by atoms with E-state index >= 15 is 0 Å². The summed E-state index contributed by atoms with van der Waals surface area (Å²) in [4.78, 5) is 19.7. The van der Waals surface area contributed by atoms with E-state index in [4.69, 9.17) is 9.47 Å². The van der Waals surface area contributed by atoms with Crippen LogP contribution in [0.15, 0.2) is 103 Å². The fourth-order valence-corrected chi connectivity index (χ4v) is 4.64. The van der Waals surface area contributed by atoms with Crippen molar-refractivity contribution >= 4 is 5.97 Å². The van der Waals surface area contributed by atoms with Gasteiger partial charge in [-0.05, 0) is 48.2 Å². The lowest BCUT2D eigenvalue weighted by Crippen LogP contribution is -2.33. The van der Waals surface area contributed by atoms with Crippen LogP contribution < -0.4 is 4.74 Å². The Kier molecular flexibility index (Phi) is 9.06. The van der Waals surface area contributed by atoms with Gasteiger partial charge in [-0.1, -0.05) is 78.9 Å². The van der Waals surface area contributed by atoms with E-state index in [0.29, 0.717) is 19.0 Å². The summed E-state index contributed by atoms with van der Waals surface area (Å²) in [7, 11) is 1.61. The first-order valence-electron chi connectivity index (χ1n) is 12.7. The predicted molar refractivity (Wildman–Crippen MR) is 147 cm³/mol. The van der Waals surface area contributed by atoms with E-state index in [-0.39, 0.29) is 24.5 Å². The number of aromatic nitrogens is 1. The summed E-state index contributed by atoms with van der Waals surface area (Å²) >= 11 is 0. The minimum Gasteiger partial charge on any atom is -0.481 e. The van der Waals surface area contributed by atoms with Gasteiger partial charge in [0.15, 0.2) is 0 Å². The van der Waals surface area contributed by atoms with Crippen LogP contribution in [0.25, 0.3) is 11.1 Å². The molecule has 4 rings (SSSR count). The van der Waals surface area contributed by atoms with Gasteiger partial charge in [0.1, 0.15) is 0 Å². The third-order valence-corrected chi connectivity index (χ3v) is 6.60. The number of nitrogens with zero attached hydrogens (tertiary/aromatic N) is 2. The molecule has 0 aliphatic heterocycles. The Hall–Kier alpha value is -3.96. The van der Waals surface area contributed by atoms with Crippen molar-refractivity contribution in [2.24, 2.45) is 0 Å². The largest absolute Gasteiger partial charge is 0.481 e. The first-order valence-corrected chi connectivity index (χ1v) is 12.7. The highest BCUT2D eigenvalue weighted by molar-refractivity contribution is 5.71. The smallest absolute Gasteiger partial charge is 0.307 e. The minimum atomic E-state index is -0.206. The Morgan fingerprint density at radius 1 is 0.865 bits per heavy atom. The second-order valence-corrected chi connectivity index (χ2v) is 8.98. The van der Waals surface area contributed by atoms with Gasteiger partial charge in [0.25, 0.3) is 0 Å². The summed E-state index contributed by atoms with van der Waals surface area (Å²) in [6, 6.07) is 32.9. The number of ether oxygens (including phenoxy) is 2. The zero-order valence-electron chi connectivity index (χ0n) is 21.7. The van der Waals surface area contributed by atoms with Crippen molar-refractivity contribution in [2.45, 2.75) is 38.9 Å². The van der Waals surface area contributed by atoms with Crippen molar-refractivity contribution in [3.63, 3.8) is 0 Å². The van der Waals surface area contributed by atoms with Crippen LogP contribution in [0.3, 0.4) is 0 Å². The van der Waals surface area contributed by atoms with Crippen LogP contribution in [0, 0.1) is 0 Å². The van der Waals surface area contributed by atoms with E-state index in [1.54, 1.807) is 7.11 Å². The van der Waals surface area contributed by atoms with Gasteiger partial charge in [0.05, 0.1) is 20.1 Å². The third kappa shape index (κ3) is 6.83. The minimum absolute atomic E-state index is 0.0622. The molecule has 4 aromatic rings. The van der Waals surface area contributed by atoms with Gasteiger partial charge >= 0.3 is 5.97 Å². The molecule has 0 aliphatic rings. The fourth-order valence-electron chi connectivity index (χ4n) is 4.64. The van der Waals surface area contributed by atoms with Gasteiger partial charge in [-0.15, -0.1) is 0 Å². The molecule has 0 bridgehead atoms. The summed E-state index contributed by atoms with van der Waals surface area (Å²) in [5.41, 5.74) is 5.47. The standard InChI is InChI=1S/C32H34N2O3/c1-4-37-32(35)21-30(28-17-11-16-27(20-28)29-18-19-31(36-3)33-22-29)34(23-25-12-7-5-8-13-25)24(2)26-14-9-6-10-15-26/h5-20,22,24,30H,4,21,23H2,1-3H3/t24-,30+/m1/s1. The van der Waals surface area contributed by atoms with E-state index in [1.165, 1.54) is 11.1 Å². The van der Waals surface area contributed by atoms with E-state index in [2.05, 4.69) is 83.5 Å². The number of benzene rings is 3. The van der Waals surface area contributed by atoms with Crippen molar-refractivity contribution in [3.05, 3.63) is 120 Å². The molecule has 5 nitrogen and oxygen atoms in total. The van der Waals surface area contributed by atoms with E-state index in [0.717, 1.165) is 16.7 Å². The Morgan fingerprint density at radius 2 is 1.57 bits per heavy atom. The van der Waals surface area contributed by atoms with Gasteiger partial charge in [0.2, 0.25) is 5.88 Å². The van der Waals surface area contributed by atoms with Gasteiger partial charge in [0, 0.05) is 36.5 Å². The summed E-state index contributed by atoms with van der Waals surface area (Å²) in [6.07, 6.45) is 2.06. The van der Waals surface area contributed by atoms with Crippen LogP contribution in [-0.2, 0) is 16.1 Å². The summed E-state index contributed by atoms with van der Waals surface area (Å²) in [6.45, 7) is 5.09. The summed E-state index contributed by atoms with van der Waals surface area (Å²) in [5, 5.41) is 0. The van der Waals surface area contributed by atoms with Crippen LogP contribution in [0.4, 0.5) is 0 Å². The van der Waals surface area contributed by atoms with Crippen LogP contribution in [0.1, 0.15) is 49.0 Å². The Morgan fingerprint density at radius 3 is 2.22 bits per heavy atom. The molecular weight excluding hydrogens is 460 g/mol. The molecule has 0 unspecified atom stereocenters. The average Bonchev–Trinajstić information content (AvgIpc) is 2.96. The highest BCUT2D eigenvalue weighted by Gasteiger charge is 2.29. The first kappa shape index (κ1) is 26.1. The first-order chi connectivity index (χ1) is 18.1. The summed E-state index contributed by atoms with van der Waals surface area (Å²) < 4.78 is 10.7. The lowest BCUT2D eigenvalue weighted by atomic mass is 9.94. The molecule has 0 aliphatic carbocycles. The lowest BCUT2D eigenvalue weighted by molar-refractivity contribution is -0.145. The van der Waals surface area contributed by atoms with E-state index in [9.17, 15) is 4.79 Å². The lowest BCUT2D eigenvalue weighted by Gasteiger charge is -2.37. The van der Waals surface area contributed by atoms with Crippen molar-refractivity contribution in [1.29, 1.82) is 0 Å². The highest BCUT2D eigenvalue weighted by Crippen LogP contribution is 2.36. The maximum atomic E-state index is 12.9. The van der Waals surface area contributed by atoms with Gasteiger partial charge in [-0.3, -0.25) is 9.69 Å². The van der Waals surface area contributed by atoms with Crippen molar-refractivity contribution < 1.29 is 14.3 Å². The number of esters is 1. The number of carbonyl (C=O) groups excluding carboxylic acids is 1. The van der Waals surface area contributed by atoms with Crippen molar-refractivity contribution in [3.8, 4) is 17.0 Å². The molecule has 0 fully saturated rings. The molecule has 3 aromatic carbocycles. The zero-order chi connectivity index (χ0) is 26.0. The molecule has 1 aromatic heterocycles. The van der Waals surface area contributed by atoms with Crippen molar-refractivity contribution in [2.75, 3.05) is 13.7 Å². The number of methoxy groups -OCH3 is 1. The average molecular weight is 495 g/mol. The monoisotopic (exact) mass is 494 g/mol. The summed E-state index contributed by atoms with van der Waals surface area (Å²) in [5.74, 6) is 0.369. The number of carbonyl (C=O) groups is 1. The molecule has 0 spiro atoms. The van der Waals surface area contributed by atoms with Gasteiger partial charge in [-0.2, -0.15) is 0 Å². The maximum Gasteiger partial charge on any atom is 0.307 e. The van der Waals surface area contributed by atoms with Gasteiger partial charge < -0.3 is 9.47 Å². The number of hydrogen-bond acceptors (Lipinski definition) is 5. The topological polar surface area (TPSA) is 51.7 Å². The molecule has 5 heteroatoms. The molecule has 0 saturated carbocycles. The van der Waals surface area contributed by atoms with Crippen LogP contribution in [0.5, 0.6) is 5.88 Å². The molecule has 37 heavy (non-hydrogen) atoms. The molecule has 0 N–H and O–H groups in total. The fraction of sp³-hybridized carbons (Fsp3) is 0.250. The van der Waals surface area contributed by atoms with Crippen molar-refractivity contribution in [1.82, 2.24) is 9.88 Å². The molecule has 0 amide bonds. The highest BCUT2D eigenvalue weighted by atomic mass is 16.5. The third-order valence-electron chi connectivity index (χ3n) is 6.60. The Balaban J connectivity index is 1.77. The van der Waals surface area contributed by atoms with E-state index in [1.807, 2.05) is 43.5 Å². The maximum absolute atomic E-state index is 12.9. The molecule has 2 atom stereocenters. The Labute approximate surface area is 219 Å². The number of hydrogen-bond donors (Lipinski definition) is 0. The van der Waals surface area contributed by atoms with Crippen LogP contribution in [-0.4, -0.2) is 29.6 Å². The normalized spacial score (nSPS) is 12.6. The molecule has 1 heterocycles. The van der Waals surface area contributed by atoms with Gasteiger partial charge in [-0.25, -0.2) is 4.98 Å². The van der Waals surface area contributed by atoms with E-state index < -0.39 is 0 Å². The van der Waals surface area contributed by atoms with Crippen LogP contribution >= 0.6 is 0 Å². The predicted octanol–water partition coefficient (Wildman–Crippen LogP) is 7.01. The number of rotatable bonds is 11. The Bertz CT molecular complexity index is 1260. The molecular formula is C32H34N2O3.